The Bertz CT molecular complexity index is 351. The normalized spacial score (nSPS) is 10.4. The lowest BCUT2D eigenvalue weighted by Gasteiger charge is -1.85. The maximum atomic E-state index is 5.52. The van der Waals surface area contributed by atoms with Gasteiger partial charge in [-0.05, 0) is 0 Å². The van der Waals surface area contributed by atoms with E-state index in [1.165, 1.54) is 0 Å². The van der Waals surface area contributed by atoms with Crippen molar-refractivity contribution in [1.29, 1.82) is 0 Å². The van der Waals surface area contributed by atoms with E-state index in [4.69, 9.17) is 5.73 Å². The molecule has 0 bridgehead atoms. The Balaban J connectivity index is 2.93. The van der Waals surface area contributed by atoms with Gasteiger partial charge in [0.25, 0.3) is 0 Å². The zero-order valence-corrected chi connectivity index (χ0v) is 5.20. The average molecular weight is 134 g/mol. The Morgan fingerprint density at radius 1 is 1.30 bits per heavy atom. The van der Waals surface area contributed by atoms with Crippen LogP contribution in [0.2, 0.25) is 0 Å². The molecule has 0 aromatic carbocycles. The van der Waals surface area contributed by atoms with Crippen LogP contribution in [0, 0.1) is 0 Å². The number of aromatic nitrogens is 3. The number of nitrogens with two attached hydrogens (primary N) is 1. The fourth-order valence-electron chi connectivity index (χ4n) is 0.876. The molecule has 2 heterocycles. The van der Waals surface area contributed by atoms with E-state index in [9.17, 15) is 0 Å². The van der Waals surface area contributed by atoms with Gasteiger partial charge in [-0.25, -0.2) is 4.98 Å². The summed E-state index contributed by atoms with van der Waals surface area (Å²) >= 11 is 0. The number of fused-ring (bicyclic) bond motifs is 1. The Kier molecular flexibility index (Phi) is 0.887. The van der Waals surface area contributed by atoms with Crippen LogP contribution in [0.1, 0.15) is 0 Å². The van der Waals surface area contributed by atoms with Gasteiger partial charge < -0.3 is 10.7 Å². The highest BCUT2D eigenvalue weighted by Crippen LogP contribution is 2.12. The van der Waals surface area contributed by atoms with Crippen molar-refractivity contribution >= 4 is 16.9 Å². The summed E-state index contributed by atoms with van der Waals surface area (Å²) in [4.78, 5) is 10.9. The SMILES string of the molecule is Nc1[nH]cc2nccnc12. The topological polar surface area (TPSA) is 67.6 Å². The van der Waals surface area contributed by atoms with Gasteiger partial charge in [0.1, 0.15) is 16.9 Å². The van der Waals surface area contributed by atoms with E-state index >= 15 is 0 Å². The molecule has 2 aromatic heterocycles. The molecule has 0 spiro atoms. The van der Waals surface area contributed by atoms with Crippen molar-refractivity contribution in [3.63, 3.8) is 0 Å². The smallest absolute Gasteiger partial charge is 0.130 e. The lowest BCUT2D eigenvalue weighted by Crippen LogP contribution is -1.85. The van der Waals surface area contributed by atoms with Crippen LogP contribution in [0.5, 0.6) is 0 Å². The van der Waals surface area contributed by atoms with Crippen LogP contribution in [0.15, 0.2) is 18.6 Å². The number of H-pyrrole nitrogens is 1. The summed E-state index contributed by atoms with van der Waals surface area (Å²) in [7, 11) is 0. The standard InChI is InChI=1S/C6H6N4/c7-6-5-4(3-10-6)8-1-2-9-5/h1-3,10H,7H2. The molecule has 0 aliphatic rings. The Labute approximate surface area is 57.1 Å². The first kappa shape index (κ1) is 5.22. The van der Waals surface area contributed by atoms with Crippen LogP contribution in [-0.4, -0.2) is 15.0 Å². The van der Waals surface area contributed by atoms with Gasteiger partial charge in [0.05, 0.1) is 0 Å². The molecule has 0 fully saturated rings. The molecule has 50 valence electrons. The van der Waals surface area contributed by atoms with E-state index in [1.807, 2.05) is 0 Å². The highest BCUT2D eigenvalue weighted by Gasteiger charge is 1.98. The van der Waals surface area contributed by atoms with E-state index < -0.39 is 0 Å². The minimum absolute atomic E-state index is 0.572. The summed E-state index contributed by atoms with van der Waals surface area (Å²) in [5.74, 6) is 0.572. The van der Waals surface area contributed by atoms with Gasteiger partial charge in [0, 0.05) is 18.6 Å². The second-order valence-corrected chi connectivity index (χ2v) is 1.99. The number of aromatic amines is 1. The number of nitrogens with zero attached hydrogens (tertiary/aromatic N) is 2. The van der Waals surface area contributed by atoms with Crippen molar-refractivity contribution in [2.24, 2.45) is 0 Å². The minimum Gasteiger partial charge on any atom is -0.383 e. The molecule has 2 aromatic rings. The first-order chi connectivity index (χ1) is 4.88. The molecule has 2 rings (SSSR count). The number of nitrogen functional groups attached to an aromatic ring is 1. The molecule has 0 amide bonds. The van der Waals surface area contributed by atoms with Crippen molar-refractivity contribution in [1.82, 2.24) is 15.0 Å². The van der Waals surface area contributed by atoms with E-state index in [1.54, 1.807) is 18.6 Å². The Morgan fingerprint density at radius 2 is 2.10 bits per heavy atom. The average Bonchev–Trinajstić information content (AvgIpc) is 2.34. The van der Waals surface area contributed by atoms with Gasteiger partial charge in [-0.1, -0.05) is 0 Å². The molecular formula is C6H6N4. The molecule has 0 unspecified atom stereocenters. The largest absolute Gasteiger partial charge is 0.383 e. The van der Waals surface area contributed by atoms with Gasteiger partial charge in [-0.3, -0.25) is 4.98 Å². The molecule has 0 atom stereocenters. The molecule has 0 radical (unpaired) electrons. The molecule has 10 heavy (non-hydrogen) atoms. The highest BCUT2D eigenvalue weighted by atomic mass is 14.9. The molecule has 0 aliphatic carbocycles. The van der Waals surface area contributed by atoms with E-state index in [0.29, 0.717) is 5.82 Å². The summed E-state index contributed by atoms with van der Waals surface area (Å²) in [5, 5.41) is 0. The summed E-state index contributed by atoms with van der Waals surface area (Å²) in [6, 6.07) is 0. The number of nitrogens with one attached hydrogen (secondary N) is 1. The fourth-order valence-corrected chi connectivity index (χ4v) is 0.876. The van der Waals surface area contributed by atoms with Crippen LogP contribution >= 0.6 is 0 Å². The number of anilines is 1. The summed E-state index contributed by atoms with van der Waals surface area (Å²) in [6.07, 6.45) is 4.99. The maximum Gasteiger partial charge on any atom is 0.130 e. The van der Waals surface area contributed by atoms with Gasteiger partial charge in [0.15, 0.2) is 0 Å². The van der Waals surface area contributed by atoms with Crippen LogP contribution in [0.3, 0.4) is 0 Å². The monoisotopic (exact) mass is 134 g/mol. The van der Waals surface area contributed by atoms with E-state index in [-0.39, 0.29) is 0 Å². The third-order valence-corrected chi connectivity index (χ3v) is 1.35. The molecule has 4 nitrogen and oxygen atoms in total. The van der Waals surface area contributed by atoms with Gasteiger partial charge in [0.2, 0.25) is 0 Å². The van der Waals surface area contributed by atoms with Crippen LogP contribution in [0.4, 0.5) is 5.82 Å². The first-order valence-electron chi connectivity index (χ1n) is 2.91. The summed E-state index contributed by atoms with van der Waals surface area (Å²) < 4.78 is 0. The second-order valence-electron chi connectivity index (χ2n) is 1.99. The molecule has 0 saturated heterocycles. The quantitative estimate of drug-likeness (QED) is 0.552. The molecular weight excluding hydrogens is 128 g/mol. The molecule has 0 aliphatic heterocycles. The Hall–Kier alpha value is -1.58. The van der Waals surface area contributed by atoms with Crippen molar-refractivity contribution in [3.8, 4) is 0 Å². The Morgan fingerprint density at radius 3 is 2.90 bits per heavy atom. The minimum atomic E-state index is 0.572. The zero-order valence-electron chi connectivity index (χ0n) is 5.20. The lowest BCUT2D eigenvalue weighted by molar-refractivity contribution is 1.31. The van der Waals surface area contributed by atoms with Crippen molar-refractivity contribution in [2.45, 2.75) is 0 Å². The predicted octanol–water partition coefficient (Wildman–Crippen LogP) is 0.540. The third kappa shape index (κ3) is 0.556. The third-order valence-electron chi connectivity index (χ3n) is 1.35. The second kappa shape index (κ2) is 1.70. The first-order valence-corrected chi connectivity index (χ1v) is 2.91. The molecule has 0 saturated carbocycles. The van der Waals surface area contributed by atoms with Crippen LogP contribution in [0.25, 0.3) is 11.0 Å². The summed E-state index contributed by atoms with van der Waals surface area (Å²) in [6.45, 7) is 0. The van der Waals surface area contributed by atoms with E-state index in [2.05, 4.69) is 15.0 Å². The van der Waals surface area contributed by atoms with Crippen molar-refractivity contribution in [3.05, 3.63) is 18.6 Å². The number of rotatable bonds is 0. The summed E-state index contributed by atoms with van der Waals surface area (Å²) in [5.41, 5.74) is 7.06. The van der Waals surface area contributed by atoms with Gasteiger partial charge >= 0.3 is 0 Å². The number of hydrogen-bond acceptors (Lipinski definition) is 3. The van der Waals surface area contributed by atoms with Crippen molar-refractivity contribution in [2.75, 3.05) is 5.73 Å². The maximum absolute atomic E-state index is 5.52. The molecule has 4 heteroatoms. The van der Waals surface area contributed by atoms with Crippen molar-refractivity contribution < 1.29 is 0 Å². The fraction of sp³-hybridized carbons (Fsp3) is 0. The predicted molar refractivity (Wildman–Crippen MR) is 38.3 cm³/mol. The van der Waals surface area contributed by atoms with Gasteiger partial charge in [-0.15, -0.1) is 0 Å². The lowest BCUT2D eigenvalue weighted by atomic mass is 10.5. The molecule has 3 N–H and O–H groups in total. The van der Waals surface area contributed by atoms with Gasteiger partial charge in [-0.2, -0.15) is 0 Å². The zero-order chi connectivity index (χ0) is 6.97. The number of hydrogen-bond donors (Lipinski definition) is 2. The van der Waals surface area contributed by atoms with Crippen LogP contribution in [-0.2, 0) is 0 Å². The highest BCUT2D eigenvalue weighted by molar-refractivity contribution is 5.84. The van der Waals surface area contributed by atoms with E-state index in [0.717, 1.165) is 11.0 Å². The van der Waals surface area contributed by atoms with Crippen LogP contribution < -0.4 is 5.73 Å².